The molecule has 0 bridgehead atoms. The first kappa shape index (κ1) is 33.7. The van der Waals surface area contributed by atoms with Crippen molar-refractivity contribution < 1.29 is 36.2 Å². The smallest absolute Gasteiger partial charge is 0.419 e. The first-order chi connectivity index (χ1) is 23.2. The molecule has 3 aromatic rings. The number of benzene rings is 1. The van der Waals surface area contributed by atoms with Crippen LogP contribution in [-0.4, -0.2) is 87.5 Å². The molecule has 0 spiro atoms. The summed E-state index contributed by atoms with van der Waals surface area (Å²) < 4.78 is 85.4. The minimum absolute atomic E-state index is 0.0138. The molecule has 49 heavy (non-hydrogen) atoms. The van der Waals surface area contributed by atoms with Crippen LogP contribution in [0.4, 0.5) is 33.5 Å². The van der Waals surface area contributed by atoms with Crippen LogP contribution in [-0.2, 0) is 37.0 Å². The molecule has 0 radical (unpaired) electrons. The number of hydrogen-bond acceptors (Lipinski definition) is 9. The van der Waals surface area contributed by atoms with E-state index in [0.717, 1.165) is 25.5 Å². The zero-order valence-electron chi connectivity index (χ0n) is 27.0. The van der Waals surface area contributed by atoms with Crippen LogP contribution < -0.4 is 15.4 Å². The van der Waals surface area contributed by atoms with Gasteiger partial charge in [0.2, 0.25) is 0 Å². The van der Waals surface area contributed by atoms with Crippen molar-refractivity contribution in [1.29, 1.82) is 0 Å². The average Bonchev–Trinajstić information content (AvgIpc) is 3.60. The van der Waals surface area contributed by atoms with E-state index in [1.54, 1.807) is 18.8 Å². The van der Waals surface area contributed by atoms with Gasteiger partial charge in [-0.2, -0.15) is 28.2 Å². The number of nitrogens with zero attached hydrogens (tertiary/aromatic N) is 7. The summed E-state index contributed by atoms with van der Waals surface area (Å²) >= 11 is 6.72. The van der Waals surface area contributed by atoms with E-state index in [0.29, 0.717) is 61.3 Å². The number of rotatable bonds is 6. The summed E-state index contributed by atoms with van der Waals surface area (Å²) in [6.45, 7) is 2.22. The van der Waals surface area contributed by atoms with Gasteiger partial charge in [0.25, 0.3) is 5.91 Å². The zero-order valence-corrected chi connectivity index (χ0v) is 27.8. The first-order valence-electron chi connectivity index (χ1n) is 16.2. The van der Waals surface area contributed by atoms with Crippen molar-refractivity contribution in [3.05, 3.63) is 56.7 Å². The van der Waals surface area contributed by atoms with Gasteiger partial charge in [0, 0.05) is 57.8 Å². The van der Waals surface area contributed by atoms with Gasteiger partial charge in [-0.15, -0.1) is 0 Å². The number of anilines is 2. The maximum Gasteiger partial charge on any atom is 0.419 e. The van der Waals surface area contributed by atoms with Crippen molar-refractivity contribution in [3.63, 3.8) is 0 Å². The number of fused-ring (bicyclic) bond motifs is 3. The lowest BCUT2D eigenvalue weighted by Crippen LogP contribution is -2.43. The van der Waals surface area contributed by atoms with E-state index in [-0.39, 0.29) is 54.5 Å². The molecule has 2 N–H and O–H groups in total. The number of aryl methyl sites for hydroxylation is 1. The third kappa shape index (κ3) is 6.16. The molecule has 2 saturated heterocycles. The number of amides is 1. The van der Waals surface area contributed by atoms with Crippen LogP contribution in [0.15, 0.2) is 12.1 Å². The van der Waals surface area contributed by atoms with Gasteiger partial charge in [-0.1, -0.05) is 11.6 Å². The molecule has 3 atom stereocenters. The Balaban J connectivity index is 1.27. The highest BCUT2D eigenvalue weighted by atomic mass is 35.5. The Labute approximate surface area is 284 Å². The van der Waals surface area contributed by atoms with Gasteiger partial charge >= 0.3 is 12.2 Å². The van der Waals surface area contributed by atoms with E-state index in [4.69, 9.17) is 31.8 Å². The number of carbonyl (C=O) groups excluding carboxylic acids is 1. The Morgan fingerprint density at radius 2 is 2.00 bits per heavy atom. The highest BCUT2D eigenvalue weighted by molar-refractivity contribution is 6.34. The van der Waals surface area contributed by atoms with Gasteiger partial charge in [-0.25, -0.2) is 8.78 Å². The maximum absolute atomic E-state index is 14.7. The molecule has 2 fully saturated rings. The third-order valence-electron chi connectivity index (χ3n) is 9.90. The summed E-state index contributed by atoms with van der Waals surface area (Å²) in [4.78, 5) is 27.6. The fourth-order valence-electron chi connectivity index (χ4n) is 7.62. The zero-order chi connectivity index (χ0) is 34.8. The second-order valence-corrected chi connectivity index (χ2v) is 13.8. The number of aromatic nitrogens is 4. The molecule has 4 aliphatic rings. The molecular weight excluding hydrogens is 675 g/mol. The second-order valence-electron chi connectivity index (χ2n) is 13.4. The van der Waals surface area contributed by atoms with E-state index in [1.165, 1.54) is 4.90 Å². The molecule has 2 aromatic heterocycles. The molecule has 1 amide bonds. The Kier molecular flexibility index (Phi) is 8.63. The average molecular weight is 711 g/mol. The normalized spacial score (nSPS) is 24.0. The predicted octanol–water partition coefficient (Wildman–Crippen LogP) is 4.95. The van der Waals surface area contributed by atoms with Gasteiger partial charge in [-0.3, -0.25) is 14.4 Å². The van der Waals surface area contributed by atoms with Gasteiger partial charge in [-0.05, 0) is 43.5 Å². The minimum Gasteiger partial charge on any atom is -0.461 e. The molecule has 264 valence electrons. The highest BCUT2D eigenvalue weighted by Gasteiger charge is 2.49. The molecule has 0 unspecified atom stereocenters. The molecule has 0 aliphatic carbocycles. The number of alkyl halides is 4. The van der Waals surface area contributed by atoms with Crippen LogP contribution in [0.5, 0.6) is 6.01 Å². The van der Waals surface area contributed by atoms with Crippen LogP contribution in [0.2, 0.25) is 5.02 Å². The monoisotopic (exact) mass is 710 g/mol. The predicted molar refractivity (Wildman–Crippen MR) is 169 cm³/mol. The molecule has 17 heteroatoms. The van der Waals surface area contributed by atoms with Crippen LogP contribution in [0, 0.1) is 5.82 Å². The van der Waals surface area contributed by atoms with Crippen LogP contribution in [0.1, 0.15) is 70.4 Å². The molecule has 4 aliphatic heterocycles. The van der Waals surface area contributed by atoms with Gasteiger partial charge < -0.3 is 25.0 Å². The van der Waals surface area contributed by atoms with Gasteiger partial charge in [0.1, 0.15) is 24.4 Å². The van der Waals surface area contributed by atoms with Crippen molar-refractivity contribution in [2.24, 2.45) is 0 Å². The number of carbonyl (C=O) groups is 1. The molecule has 0 saturated carbocycles. The summed E-state index contributed by atoms with van der Waals surface area (Å²) in [6.07, 6.45) is -4.75. The van der Waals surface area contributed by atoms with Crippen molar-refractivity contribution in [3.8, 4) is 6.01 Å². The van der Waals surface area contributed by atoms with E-state index in [9.17, 15) is 26.7 Å². The van der Waals surface area contributed by atoms with Crippen LogP contribution >= 0.6 is 11.6 Å². The Bertz CT molecular complexity index is 1790. The second kappa shape index (κ2) is 12.5. The lowest BCUT2D eigenvalue weighted by molar-refractivity contribution is -0.142. The molecule has 1 aromatic carbocycles. The lowest BCUT2D eigenvalue weighted by atomic mass is 9.94. The van der Waals surface area contributed by atoms with Gasteiger partial charge in [0.15, 0.2) is 5.69 Å². The standard InChI is InChI=1S/C32H36ClF5N8O3/c1-43(2)29(47)27-26(33)23-14-44(6-4-8-46(23)42-27)28-20-15-48-24(19-9-18(39)10-21(35)25(19)32(36,37)38)11-22(20)40-30(41-28)49-16-31-5-3-7-45(31)13-17(34)12-31/h9-10,17,24H,3-8,11-16,39H2,1-2H3/t17-,24+,31+/m1/s1. The van der Waals surface area contributed by atoms with Crippen molar-refractivity contribution in [1.82, 2.24) is 29.5 Å². The summed E-state index contributed by atoms with van der Waals surface area (Å²) in [5.41, 5.74) is 4.87. The Morgan fingerprint density at radius 3 is 2.76 bits per heavy atom. The largest absolute Gasteiger partial charge is 0.461 e. The number of nitrogen functional groups attached to an aromatic ring is 1. The van der Waals surface area contributed by atoms with Crippen LogP contribution in [0.25, 0.3) is 0 Å². The Hall–Kier alpha value is -3.76. The topological polar surface area (TPSA) is 115 Å². The van der Waals surface area contributed by atoms with E-state index in [2.05, 4.69) is 15.0 Å². The summed E-state index contributed by atoms with van der Waals surface area (Å²) in [5.74, 6) is -1.40. The van der Waals surface area contributed by atoms with Crippen molar-refractivity contribution in [2.75, 3.05) is 51.0 Å². The van der Waals surface area contributed by atoms with Gasteiger partial charge in [0.05, 0.1) is 46.8 Å². The number of nitrogens with two attached hydrogens (primary N) is 1. The fourth-order valence-corrected chi connectivity index (χ4v) is 7.89. The Morgan fingerprint density at radius 1 is 1.20 bits per heavy atom. The fraction of sp³-hybridized carbons (Fsp3) is 0.562. The quantitative estimate of drug-likeness (QED) is 0.281. The van der Waals surface area contributed by atoms with Crippen molar-refractivity contribution >= 4 is 29.0 Å². The lowest BCUT2D eigenvalue weighted by Gasteiger charge is -2.33. The van der Waals surface area contributed by atoms with E-state index < -0.39 is 40.9 Å². The SMILES string of the molecule is CN(C)C(=O)c1nn2c(c1Cl)CN(c1nc(OC[C@@]34CCCN3C[C@H](F)C4)nc3c1CO[C@H](c1cc(N)cc(F)c1C(F)(F)F)C3)CCC2. The molecular formula is C32H36ClF5N8O3. The van der Waals surface area contributed by atoms with E-state index in [1.807, 2.05) is 4.90 Å². The first-order valence-corrected chi connectivity index (χ1v) is 16.5. The molecule has 7 rings (SSSR count). The number of halogens is 6. The minimum atomic E-state index is -5.00. The number of ether oxygens (including phenoxy) is 2. The van der Waals surface area contributed by atoms with Crippen LogP contribution in [0.3, 0.4) is 0 Å². The maximum atomic E-state index is 14.7. The number of hydrogen-bond donors (Lipinski definition) is 1. The van der Waals surface area contributed by atoms with E-state index >= 15 is 0 Å². The summed E-state index contributed by atoms with van der Waals surface area (Å²) in [5, 5.41) is 4.69. The molecule has 11 nitrogen and oxygen atoms in total. The third-order valence-corrected chi connectivity index (χ3v) is 10.3. The summed E-state index contributed by atoms with van der Waals surface area (Å²) in [6, 6.07) is 1.70. The van der Waals surface area contributed by atoms with Crippen molar-refractivity contribution in [2.45, 2.75) is 75.8 Å². The molecule has 6 heterocycles. The summed E-state index contributed by atoms with van der Waals surface area (Å²) in [7, 11) is 3.22. The highest BCUT2D eigenvalue weighted by Crippen LogP contribution is 2.44.